The molecule has 1 heterocycles. The summed E-state index contributed by atoms with van der Waals surface area (Å²) in [6.45, 7) is 5.72. The summed E-state index contributed by atoms with van der Waals surface area (Å²) < 4.78 is 11.1. The summed E-state index contributed by atoms with van der Waals surface area (Å²) >= 11 is 5.83. The summed E-state index contributed by atoms with van der Waals surface area (Å²) in [5, 5.41) is 3.66. The summed E-state index contributed by atoms with van der Waals surface area (Å²) in [4.78, 5) is 12.3. The maximum atomic E-state index is 12.3. The lowest BCUT2D eigenvalue weighted by Crippen LogP contribution is -2.45. The quantitative estimate of drug-likeness (QED) is 0.909. The Hall–Kier alpha value is -1.26. The lowest BCUT2D eigenvalue weighted by molar-refractivity contribution is -0.135. The number of rotatable bonds is 5. The molecule has 0 spiro atoms. The average Bonchev–Trinajstić information content (AvgIpc) is 2.48. The Morgan fingerprint density at radius 3 is 2.62 bits per heavy atom. The van der Waals surface area contributed by atoms with Crippen molar-refractivity contribution in [2.24, 2.45) is 5.41 Å². The second kappa shape index (κ2) is 7.14. The molecule has 2 rings (SSSR count). The van der Waals surface area contributed by atoms with Crippen LogP contribution >= 0.6 is 11.6 Å². The number of carbonyl (C=O) groups is 1. The van der Waals surface area contributed by atoms with Crippen LogP contribution in [0.15, 0.2) is 24.3 Å². The zero-order valence-corrected chi connectivity index (χ0v) is 13.3. The first-order chi connectivity index (χ1) is 9.99. The molecule has 1 saturated heterocycles. The summed E-state index contributed by atoms with van der Waals surface area (Å²) in [5.41, 5.74) is -0.321. The van der Waals surface area contributed by atoms with Gasteiger partial charge >= 0.3 is 0 Å². The van der Waals surface area contributed by atoms with Gasteiger partial charge in [-0.2, -0.15) is 0 Å². The zero-order chi connectivity index (χ0) is 15.3. The third-order valence-electron chi connectivity index (χ3n) is 3.85. The van der Waals surface area contributed by atoms with Gasteiger partial charge in [-0.05, 0) is 44.0 Å². The molecule has 0 radical (unpaired) electrons. The van der Waals surface area contributed by atoms with Gasteiger partial charge in [0, 0.05) is 18.2 Å². The van der Waals surface area contributed by atoms with E-state index in [-0.39, 0.29) is 17.4 Å². The van der Waals surface area contributed by atoms with E-state index in [1.807, 2.05) is 26.0 Å². The first-order valence-electron chi connectivity index (χ1n) is 7.28. The minimum atomic E-state index is -0.321. The van der Waals surface area contributed by atoms with Crippen molar-refractivity contribution in [2.45, 2.75) is 32.8 Å². The van der Waals surface area contributed by atoms with Gasteiger partial charge < -0.3 is 14.8 Å². The fourth-order valence-corrected chi connectivity index (χ4v) is 2.41. The molecular weight excluding hydrogens is 290 g/mol. The Kier molecular flexibility index (Phi) is 5.48. The average molecular weight is 312 g/mol. The van der Waals surface area contributed by atoms with Crippen molar-refractivity contribution in [2.75, 3.05) is 19.8 Å². The van der Waals surface area contributed by atoms with Gasteiger partial charge in [0.25, 0.3) is 0 Å². The van der Waals surface area contributed by atoms with E-state index >= 15 is 0 Å². The van der Waals surface area contributed by atoms with E-state index in [1.165, 1.54) is 0 Å². The van der Waals surface area contributed by atoms with Gasteiger partial charge in [0.15, 0.2) is 0 Å². The molecule has 1 aromatic rings. The van der Waals surface area contributed by atoms with Gasteiger partial charge in [0.2, 0.25) is 5.91 Å². The molecule has 0 unspecified atom stereocenters. The van der Waals surface area contributed by atoms with E-state index in [4.69, 9.17) is 21.1 Å². The largest absolute Gasteiger partial charge is 0.489 e. The van der Waals surface area contributed by atoms with Crippen LogP contribution in [0.2, 0.25) is 5.02 Å². The fourth-order valence-electron chi connectivity index (χ4n) is 2.29. The highest BCUT2D eigenvalue weighted by Crippen LogP contribution is 2.29. The van der Waals surface area contributed by atoms with Gasteiger partial charge in [-0.15, -0.1) is 0 Å². The highest BCUT2D eigenvalue weighted by molar-refractivity contribution is 6.30. The molecule has 116 valence electrons. The van der Waals surface area contributed by atoms with Gasteiger partial charge in [0.1, 0.15) is 11.9 Å². The second-order valence-electron chi connectivity index (χ2n) is 5.77. The van der Waals surface area contributed by atoms with Crippen molar-refractivity contribution in [3.05, 3.63) is 29.3 Å². The molecule has 1 aliphatic rings. The number of ether oxygens (including phenoxy) is 2. The highest BCUT2D eigenvalue weighted by Gasteiger charge is 2.35. The van der Waals surface area contributed by atoms with Gasteiger partial charge in [-0.1, -0.05) is 18.5 Å². The van der Waals surface area contributed by atoms with E-state index in [2.05, 4.69) is 5.32 Å². The van der Waals surface area contributed by atoms with Crippen LogP contribution in [-0.2, 0) is 9.53 Å². The second-order valence-corrected chi connectivity index (χ2v) is 6.20. The zero-order valence-electron chi connectivity index (χ0n) is 12.5. The standard InChI is InChI=1S/C16H22ClNO3/c1-12(21-14-5-3-13(17)4-6-14)11-18-15(19)16(2)7-9-20-10-8-16/h3-6,12H,7-11H2,1-2H3,(H,18,19)/t12-/m0/s1. The smallest absolute Gasteiger partial charge is 0.226 e. The van der Waals surface area contributed by atoms with Crippen LogP contribution in [0.25, 0.3) is 0 Å². The van der Waals surface area contributed by atoms with E-state index in [1.54, 1.807) is 12.1 Å². The number of halogens is 1. The Bertz CT molecular complexity index is 469. The minimum Gasteiger partial charge on any atom is -0.489 e. The Morgan fingerprint density at radius 2 is 2.00 bits per heavy atom. The fraction of sp³-hybridized carbons (Fsp3) is 0.562. The third-order valence-corrected chi connectivity index (χ3v) is 4.10. The van der Waals surface area contributed by atoms with Crippen LogP contribution in [0.5, 0.6) is 5.75 Å². The topological polar surface area (TPSA) is 47.6 Å². The molecule has 0 aromatic heterocycles. The maximum Gasteiger partial charge on any atom is 0.226 e. The third kappa shape index (κ3) is 4.61. The van der Waals surface area contributed by atoms with E-state index in [0.717, 1.165) is 18.6 Å². The summed E-state index contributed by atoms with van der Waals surface area (Å²) in [7, 11) is 0. The number of carbonyl (C=O) groups excluding carboxylic acids is 1. The van der Waals surface area contributed by atoms with Crippen LogP contribution in [0.3, 0.4) is 0 Å². The van der Waals surface area contributed by atoms with E-state index in [0.29, 0.717) is 24.8 Å². The van der Waals surface area contributed by atoms with Crippen molar-refractivity contribution in [1.29, 1.82) is 0 Å². The van der Waals surface area contributed by atoms with E-state index in [9.17, 15) is 4.79 Å². The minimum absolute atomic E-state index is 0.0809. The molecular formula is C16H22ClNO3. The number of amides is 1. The first-order valence-corrected chi connectivity index (χ1v) is 7.66. The molecule has 4 nitrogen and oxygen atoms in total. The van der Waals surface area contributed by atoms with E-state index < -0.39 is 0 Å². The normalized spacial score (nSPS) is 18.8. The lowest BCUT2D eigenvalue weighted by atomic mass is 9.81. The van der Waals surface area contributed by atoms with Gasteiger partial charge in [-0.3, -0.25) is 4.79 Å². The maximum absolute atomic E-state index is 12.3. The monoisotopic (exact) mass is 311 g/mol. The summed E-state index contributed by atoms with van der Waals surface area (Å²) in [6.07, 6.45) is 1.44. The highest BCUT2D eigenvalue weighted by atomic mass is 35.5. The summed E-state index contributed by atoms with van der Waals surface area (Å²) in [6, 6.07) is 7.21. The van der Waals surface area contributed by atoms with Crippen LogP contribution < -0.4 is 10.1 Å². The predicted molar refractivity (Wildman–Crippen MR) is 82.7 cm³/mol. The predicted octanol–water partition coefficient (Wildman–Crippen LogP) is 3.04. The molecule has 1 aromatic carbocycles. The Morgan fingerprint density at radius 1 is 1.38 bits per heavy atom. The first kappa shape index (κ1) is 16.1. The molecule has 1 fully saturated rings. The number of benzene rings is 1. The molecule has 0 saturated carbocycles. The Balaban J connectivity index is 1.79. The van der Waals surface area contributed by atoms with Crippen molar-refractivity contribution >= 4 is 17.5 Å². The van der Waals surface area contributed by atoms with Crippen LogP contribution in [0.1, 0.15) is 26.7 Å². The molecule has 1 atom stereocenters. The molecule has 1 amide bonds. The SMILES string of the molecule is C[C@@H](CNC(=O)C1(C)CCOCC1)Oc1ccc(Cl)cc1. The van der Waals surface area contributed by atoms with Crippen molar-refractivity contribution in [3.63, 3.8) is 0 Å². The van der Waals surface area contributed by atoms with Gasteiger partial charge in [-0.25, -0.2) is 0 Å². The van der Waals surface area contributed by atoms with Crippen molar-refractivity contribution in [3.8, 4) is 5.75 Å². The molecule has 0 aliphatic carbocycles. The molecule has 0 bridgehead atoms. The van der Waals surface area contributed by atoms with Crippen LogP contribution in [0.4, 0.5) is 0 Å². The van der Waals surface area contributed by atoms with Crippen molar-refractivity contribution < 1.29 is 14.3 Å². The number of hydrogen-bond acceptors (Lipinski definition) is 3. The molecule has 21 heavy (non-hydrogen) atoms. The number of nitrogens with one attached hydrogen (secondary N) is 1. The molecule has 5 heteroatoms. The van der Waals surface area contributed by atoms with Crippen molar-refractivity contribution in [1.82, 2.24) is 5.32 Å². The summed E-state index contributed by atoms with van der Waals surface area (Å²) in [5.74, 6) is 0.829. The lowest BCUT2D eigenvalue weighted by Gasteiger charge is -2.32. The molecule has 1 aliphatic heterocycles. The van der Waals surface area contributed by atoms with Crippen LogP contribution in [-0.4, -0.2) is 31.8 Å². The Labute approximate surface area is 130 Å². The van der Waals surface area contributed by atoms with Crippen LogP contribution in [0, 0.1) is 5.41 Å². The number of hydrogen-bond donors (Lipinski definition) is 1. The molecule has 1 N–H and O–H groups in total. The van der Waals surface area contributed by atoms with Gasteiger partial charge in [0.05, 0.1) is 12.0 Å².